The van der Waals surface area contributed by atoms with Crippen molar-refractivity contribution in [3.63, 3.8) is 0 Å². The minimum atomic E-state index is -0.487. The monoisotopic (exact) mass is 278 g/mol. The van der Waals surface area contributed by atoms with Gasteiger partial charge in [-0.05, 0) is 24.3 Å². The molecule has 0 spiro atoms. The number of carbonyl (C=O) groups excluding carboxylic acids is 3. The summed E-state index contributed by atoms with van der Waals surface area (Å²) in [4.78, 5) is 35.3. The second-order valence-corrected chi connectivity index (χ2v) is 4.19. The Morgan fingerprint density at radius 2 is 1.70 bits per heavy atom. The second kappa shape index (κ2) is 6.05. The van der Waals surface area contributed by atoms with E-state index >= 15 is 0 Å². The molecule has 0 aromatic heterocycles. The third-order valence-corrected chi connectivity index (χ3v) is 2.72. The van der Waals surface area contributed by atoms with E-state index in [0.29, 0.717) is 11.5 Å². The largest absolute Gasteiger partial charge is 0.497 e. The maximum Gasteiger partial charge on any atom is 0.261 e. The maximum absolute atomic E-state index is 11.8. The van der Waals surface area contributed by atoms with Gasteiger partial charge in [0.1, 0.15) is 24.6 Å². The van der Waals surface area contributed by atoms with E-state index in [4.69, 9.17) is 9.47 Å². The standard InChI is InChI=1S/C13H14N2O5/c1-19-9-2-4-10(5-3-9)20-8-13(18)15-6-11(16)14-12(17)7-15/h2-5H,6-8H2,1H3,(H,14,16,17). The number of benzene rings is 1. The Kier molecular flexibility index (Phi) is 4.19. The van der Waals surface area contributed by atoms with Crippen LogP contribution in [0.25, 0.3) is 0 Å². The van der Waals surface area contributed by atoms with E-state index < -0.39 is 17.7 Å². The van der Waals surface area contributed by atoms with Gasteiger partial charge in [-0.2, -0.15) is 0 Å². The zero-order chi connectivity index (χ0) is 14.5. The predicted octanol–water partition coefficient (Wildman–Crippen LogP) is -0.441. The lowest BCUT2D eigenvalue weighted by molar-refractivity contribution is -0.146. The van der Waals surface area contributed by atoms with Crippen LogP contribution in [-0.4, -0.2) is 49.4 Å². The number of carbonyl (C=O) groups is 3. The summed E-state index contributed by atoms with van der Waals surface area (Å²) in [6.07, 6.45) is 0. The van der Waals surface area contributed by atoms with Gasteiger partial charge in [0.05, 0.1) is 7.11 Å². The molecule has 1 fully saturated rings. The zero-order valence-corrected chi connectivity index (χ0v) is 10.9. The number of imide groups is 1. The molecule has 7 nitrogen and oxygen atoms in total. The lowest BCUT2D eigenvalue weighted by Crippen LogP contribution is -2.54. The van der Waals surface area contributed by atoms with Crippen molar-refractivity contribution in [2.45, 2.75) is 0 Å². The van der Waals surface area contributed by atoms with Crippen LogP contribution in [0.1, 0.15) is 0 Å². The summed E-state index contributed by atoms with van der Waals surface area (Å²) in [6, 6.07) is 6.75. The first-order valence-electron chi connectivity index (χ1n) is 5.96. The lowest BCUT2D eigenvalue weighted by Gasteiger charge is -2.25. The van der Waals surface area contributed by atoms with E-state index in [2.05, 4.69) is 5.32 Å². The van der Waals surface area contributed by atoms with Gasteiger partial charge in [0, 0.05) is 0 Å². The third kappa shape index (κ3) is 3.47. The summed E-state index contributed by atoms with van der Waals surface area (Å²) >= 11 is 0. The van der Waals surface area contributed by atoms with Gasteiger partial charge in [-0.3, -0.25) is 19.7 Å². The minimum absolute atomic E-state index is 0.128. The number of rotatable bonds is 4. The molecule has 7 heteroatoms. The van der Waals surface area contributed by atoms with E-state index in [9.17, 15) is 14.4 Å². The van der Waals surface area contributed by atoms with E-state index in [1.165, 1.54) is 0 Å². The maximum atomic E-state index is 11.8. The Bertz CT molecular complexity index is 510. The molecule has 1 N–H and O–H groups in total. The summed E-state index contributed by atoms with van der Waals surface area (Å²) in [5.74, 6) is -0.198. The first-order chi connectivity index (χ1) is 9.58. The number of hydrogen-bond acceptors (Lipinski definition) is 5. The fraction of sp³-hybridized carbons (Fsp3) is 0.308. The number of nitrogens with one attached hydrogen (secondary N) is 1. The van der Waals surface area contributed by atoms with Crippen LogP contribution in [-0.2, 0) is 14.4 Å². The number of hydrogen-bond donors (Lipinski definition) is 1. The van der Waals surface area contributed by atoms with Crippen molar-refractivity contribution >= 4 is 17.7 Å². The van der Waals surface area contributed by atoms with Gasteiger partial charge in [-0.15, -0.1) is 0 Å². The third-order valence-electron chi connectivity index (χ3n) is 2.72. The van der Waals surface area contributed by atoms with Crippen molar-refractivity contribution in [2.75, 3.05) is 26.8 Å². The Morgan fingerprint density at radius 3 is 2.25 bits per heavy atom. The number of methoxy groups -OCH3 is 1. The number of ether oxygens (including phenoxy) is 2. The summed E-state index contributed by atoms with van der Waals surface area (Å²) in [5.41, 5.74) is 0. The topological polar surface area (TPSA) is 84.9 Å². The Hall–Kier alpha value is -2.57. The highest BCUT2D eigenvalue weighted by Crippen LogP contribution is 2.16. The van der Waals surface area contributed by atoms with Gasteiger partial charge in [0.2, 0.25) is 11.8 Å². The normalized spacial score (nSPS) is 14.8. The Balaban J connectivity index is 1.87. The van der Waals surface area contributed by atoms with Gasteiger partial charge >= 0.3 is 0 Å². The second-order valence-electron chi connectivity index (χ2n) is 4.19. The van der Waals surface area contributed by atoms with E-state index in [-0.39, 0.29) is 19.7 Å². The van der Waals surface area contributed by atoms with Crippen LogP contribution in [0.5, 0.6) is 11.5 Å². The molecule has 2 rings (SSSR count). The van der Waals surface area contributed by atoms with Crippen LogP contribution < -0.4 is 14.8 Å². The quantitative estimate of drug-likeness (QED) is 0.755. The SMILES string of the molecule is COc1ccc(OCC(=O)N2CC(=O)NC(=O)C2)cc1. The van der Waals surface area contributed by atoms with Gasteiger partial charge in [-0.25, -0.2) is 0 Å². The highest BCUT2D eigenvalue weighted by Gasteiger charge is 2.26. The lowest BCUT2D eigenvalue weighted by atomic mass is 10.3. The van der Waals surface area contributed by atoms with Gasteiger partial charge in [0.25, 0.3) is 5.91 Å². The predicted molar refractivity (Wildman–Crippen MR) is 68.2 cm³/mol. The van der Waals surface area contributed by atoms with E-state index in [1.54, 1.807) is 31.4 Å². The van der Waals surface area contributed by atoms with Crippen LogP contribution in [0, 0.1) is 0 Å². The van der Waals surface area contributed by atoms with Crippen molar-refractivity contribution < 1.29 is 23.9 Å². The van der Waals surface area contributed by atoms with Crippen LogP contribution in [0.2, 0.25) is 0 Å². The first kappa shape index (κ1) is 13.9. The Morgan fingerprint density at radius 1 is 1.15 bits per heavy atom. The molecule has 1 aliphatic heterocycles. The number of piperazine rings is 1. The molecule has 1 saturated heterocycles. The van der Waals surface area contributed by atoms with Crippen LogP contribution in [0.15, 0.2) is 24.3 Å². The highest BCUT2D eigenvalue weighted by molar-refractivity contribution is 6.02. The smallest absolute Gasteiger partial charge is 0.261 e. The molecule has 0 radical (unpaired) electrons. The van der Waals surface area contributed by atoms with Crippen molar-refractivity contribution in [1.29, 1.82) is 0 Å². The average molecular weight is 278 g/mol. The molecule has 1 aliphatic rings. The molecule has 0 unspecified atom stereocenters. The van der Waals surface area contributed by atoms with Crippen LogP contribution in [0.3, 0.4) is 0 Å². The molecule has 0 saturated carbocycles. The molecular formula is C13H14N2O5. The molecule has 106 valence electrons. The van der Waals surface area contributed by atoms with Gasteiger partial charge < -0.3 is 14.4 Å². The Labute approximate surface area is 115 Å². The first-order valence-corrected chi connectivity index (χ1v) is 5.96. The van der Waals surface area contributed by atoms with Crippen molar-refractivity contribution in [3.8, 4) is 11.5 Å². The van der Waals surface area contributed by atoms with Crippen LogP contribution >= 0.6 is 0 Å². The molecule has 0 aliphatic carbocycles. The average Bonchev–Trinajstić information content (AvgIpc) is 2.44. The van der Waals surface area contributed by atoms with E-state index in [1.807, 2.05) is 0 Å². The molecule has 1 aromatic carbocycles. The van der Waals surface area contributed by atoms with Crippen LogP contribution in [0.4, 0.5) is 0 Å². The molecule has 0 atom stereocenters. The van der Waals surface area contributed by atoms with Crippen molar-refractivity contribution in [2.24, 2.45) is 0 Å². The molecule has 1 aromatic rings. The molecular weight excluding hydrogens is 264 g/mol. The number of amides is 3. The fourth-order valence-electron chi connectivity index (χ4n) is 1.72. The fourth-order valence-corrected chi connectivity index (χ4v) is 1.72. The summed E-state index contributed by atoms with van der Waals surface area (Å²) in [6.45, 7) is -0.486. The van der Waals surface area contributed by atoms with Gasteiger partial charge in [0.15, 0.2) is 6.61 Å². The molecule has 1 heterocycles. The summed E-state index contributed by atoms with van der Waals surface area (Å²) in [7, 11) is 1.55. The summed E-state index contributed by atoms with van der Waals surface area (Å²) in [5, 5.41) is 2.12. The highest BCUT2D eigenvalue weighted by atomic mass is 16.5. The van der Waals surface area contributed by atoms with E-state index in [0.717, 1.165) is 4.90 Å². The molecule has 20 heavy (non-hydrogen) atoms. The molecule has 0 bridgehead atoms. The minimum Gasteiger partial charge on any atom is -0.497 e. The summed E-state index contributed by atoms with van der Waals surface area (Å²) < 4.78 is 10.3. The van der Waals surface area contributed by atoms with Crippen molar-refractivity contribution in [1.82, 2.24) is 10.2 Å². The number of nitrogens with zero attached hydrogens (tertiary/aromatic N) is 1. The molecule has 3 amide bonds. The zero-order valence-electron chi connectivity index (χ0n) is 10.9. The van der Waals surface area contributed by atoms with Gasteiger partial charge in [-0.1, -0.05) is 0 Å². The van der Waals surface area contributed by atoms with Crippen molar-refractivity contribution in [3.05, 3.63) is 24.3 Å².